The summed E-state index contributed by atoms with van der Waals surface area (Å²) in [7, 11) is 1.38. The number of alkyl halides is 3. The lowest BCUT2D eigenvalue weighted by Gasteiger charge is -2.10. The first-order chi connectivity index (χ1) is 6.60. The topological polar surface area (TPSA) is 22.1 Å². The van der Waals surface area contributed by atoms with Crippen molar-refractivity contribution >= 4 is 11.6 Å². The molecule has 0 fully saturated rings. The van der Waals surface area contributed by atoms with E-state index in [2.05, 4.69) is 4.98 Å². The van der Waals surface area contributed by atoms with E-state index in [4.69, 9.17) is 16.3 Å². The van der Waals surface area contributed by atoms with Gasteiger partial charge in [0.2, 0.25) is 5.88 Å². The lowest BCUT2D eigenvalue weighted by molar-refractivity contribution is 0.150. The van der Waals surface area contributed by atoms with Gasteiger partial charge in [0.25, 0.3) is 6.43 Å². The molecule has 0 saturated heterocycles. The van der Waals surface area contributed by atoms with E-state index in [0.717, 1.165) is 0 Å². The van der Waals surface area contributed by atoms with Crippen LogP contribution in [0.4, 0.5) is 8.78 Å². The lowest BCUT2D eigenvalue weighted by Crippen LogP contribution is -2.00. The number of hydrogen-bond acceptors (Lipinski definition) is 2. The zero-order chi connectivity index (χ0) is 10.7. The Morgan fingerprint density at radius 1 is 1.57 bits per heavy atom. The smallest absolute Gasteiger partial charge is 0.264 e. The zero-order valence-corrected chi connectivity index (χ0v) is 8.61. The molecular formula is C9H10ClF2NO. The number of ether oxygens (including phenoxy) is 1. The molecule has 0 amide bonds. The third-order valence-electron chi connectivity index (χ3n) is 1.96. The molecule has 0 atom stereocenters. The maximum absolute atomic E-state index is 12.5. The van der Waals surface area contributed by atoms with Crippen LogP contribution < -0.4 is 4.74 Å². The summed E-state index contributed by atoms with van der Waals surface area (Å²) in [5.41, 5.74) is 0.782. The Kier molecular flexibility index (Phi) is 3.63. The minimum absolute atomic E-state index is 0.0764. The summed E-state index contributed by atoms with van der Waals surface area (Å²) in [6.07, 6.45) is -2.53. The van der Waals surface area contributed by atoms with Crippen molar-refractivity contribution in [3.8, 4) is 5.88 Å². The van der Waals surface area contributed by atoms with Crippen molar-refractivity contribution in [3.63, 3.8) is 0 Å². The SMILES string of the molecule is COc1cc(C(F)F)c(C)c(CCl)n1. The van der Waals surface area contributed by atoms with Crippen LogP contribution in [0.2, 0.25) is 0 Å². The monoisotopic (exact) mass is 221 g/mol. The summed E-state index contributed by atoms with van der Waals surface area (Å²) in [6.45, 7) is 1.58. The van der Waals surface area contributed by atoms with Gasteiger partial charge >= 0.3 is 0 Å². The molecule has 14 heavy (non-hydrogen) atoms. The highest BCUT2D eigenvalue weighted by Gasteiger charge is 2.16. The fourth-order valence-electron chi connectivity index (χ4n) is 1.12. The molecule has 0 radical (unpaired) electrons. The van der Waals surface area contributed by atoms with Gasteiger partial charge in [-0.05, 0) is 12.5 Å². The zero-order valence-electron chi connectivity index (χ0n) is 7.85. The van der Waals surface area contributed by atoms with Crippen molar-refractivity contribution in [2.75, 3.05) is 7.11 Å². The van der Waals surface area contributed by atoms with Gasteiger partial charge in [0, 0.05) is 11.6 Å². The molecule has 0 unspecified atom stereocenters. The quantitative estimate of drug-likeness (QED) is 0.732. The number of rotatable bonds is 3. The van der Waals surface area contributed by atoms with Crippen molar-refractivity contribution < 1.29 is 13.5 Å². The van der Waals surface area contributed by atoms with Crippen LogP contribution in [-0.4, -0.2) is 12.1 Å². The highest BCUT2D eigenvalue weighted by molar-refractivity contribution is 6.17. The third-order valence-corrected chi connectivity index (χ3v) is 2.21. The molecule has 2 nitrogen and oxygen atoms in total. The number of halogens is 3. The van der Waals surface area contributed by atoms with Gasteiger partial charge in [-0.15, -0.1) is 11.6 Å². The van der Waals surface area contributed by atoms with E-state index in [0.29, 0.717) is 11.3 Å². The number of hydrogen-bond donors (Lipinski definition) is 0. The van der Waals surface area contributed by atoms with Crippen LogP contribution in [0.15, 0.2) is 6.07 Å². The van der Waals surface area contributed by atoms with Crippen LogP contribution >= 0.6 is 11.6 Å². The van der Waals surface area contributed by atoms with Crippen LogP contribution in [0.25, 0.3) is 0 Å². The highest BCUT2D eigenvalue weighted by atomic mass is 35.5. The molecule has 78 valence electrons. The molecule has 5 heteroatoms. The van der Waals surface area contributed by atoms with Crippen LogP contribution in [0.3, 0.4) is 0 Å². The summed E-state index contributed by atoms with van der Waals surface area (Å²) in [6, 6.07) is 1.23. The van der Waals surface area contributed by atoms with Crippen LogP contribution in [-0.2, 0) is 5.88 Å². The van der Waals surface area contributed by atoms with E-state index in [1.54, 1.807) is 6.92 Å². The Morgan fingerprint density at radius 2 is 2.21 bits per heavy atom. The van der Waals surface area contributed by atoms with E-state index >= 15 is 0 Å². The van der Waals surface area contributed by atoms with Gasteiger partial charge in [-0.3, -0.25) is 0 Å². The van der Waals surface area contributed by atoms with E-state index in [1.165, 1.54) is 13.2 Å². The first kappa shape index (κ1) is 11.2. The van der Waals surface area contributed by atoms with Gasteiger partial charge in [0.15, 0.2) is 0 Å². The van der Waals surface area contributed by atoms with E-state index in [9.17, 15) is 8.78 Å². The van der Waals surface area contributed by atoms with Gasteiger partial charge < -0.3 is 4.74 Å². The summed E-state index contributed by atoms with van der Waals surface area (Å²) in [5, 5.41) is 0. The normalized spacial score (nSPS) is 10.7. The van der Waals surface area contributed by atoms with E-state index in [1.807, 2.05) is 0 Å². The largest absolute Gasteiger partial charge is 0.481 e. The Balaban J connectivity index is 3.27. The highest BCUT2D eigenvalue weighted by Crippen LogP contribution is 2.27. The van der Waals surface area contributed by atoms with Crippen molar-refractivity contribution in [1.29, 1.82) is 0 Å². The fraction of sp³-hybridized carbons (Fsp3) is 0.444. The van der Waals surface area contributed by atoms with Gasteiger partial charge in [-0.2, -0.15) is 0 Å². The molecule has 1 aromatic heterocycles. The van der Waals surface area contributed by atoms with Gasteiger partial charge in [-0.1, -0.05) is 0 Å². The first-order valence-corrected chi connectivity index (χ1v) is 4.52. The lowest BCUT2D eigenvalue weighted by atomic mass is 10.1. The second kappa shape index (κ2) is 4.55. The summed E-state index contributed by atoms with van der Waals surface area (Å²) >= 11 is 5.57. The minimum Gasteiger partial charge on any atom is -0.481 e. The van der Waals surface area contributed by atoms with Crippen molar-refractivity contribution in [1.82, 2.24) is 4.98 Å². The van der Waals surface area contributed by atoms with Crippen LogP contribution in [0, 0.1) is 6.92 Å². The standard InChI is InChI=1S/C9H10ClF2NO/c1-5-6(9(11)12)3-8(14-2)13-7(5)4-10/h3,9H,4H2,1-2H3. The van der Waals surface area contributed by atoms with E-state index in [-0.39, 0.29) is 17.3 Å². The predicted octanol–water partition coefficient (Wildman–Crippen LogP) is 3.08. The number of aromatic nitrogens is 1. The molecule has 1 rings (SSSR count). The summed E-state index contributed by atoms with van der Waals surface area (Å²) < 4.78 is 29.9. The molecule has 0 bridgehead atoms. The maximum atomic E-state index is 12.5. The number of methoxy groups -OCH3 is 1. The van der Waals surface area contributed by atoms with Gasteiger partial charge in [0.1, 0.15) is 0 Å². The Hall–Kier alpha value is -0.900. The molecule has 1 heterocycles. The summed E-state index contributed by atoms with van der Waals surface area (Å²) in [4.78, 5) is 3.96. The Labute approximate surface area is 85.9 Å². The molecule has 0 N–H and O–H groups in total. The second-order valence-electron chi connectivity index (χ2n) is 2.76. The number of pyridine rings is 1. The van der Waals surface area contributed by atoms with Crippen molar-refractivity contribution in [2.24, 2.45) is 0 Å². The molecule has 0 spiro atoms. The Morgan fingerprint density at radius 3 is 2.64 bits per heavy atom. The predicted molar refractivity (Wildman–Crippen MR) is 50.0 cm³/mol. The molecule has 0 aliphatic carbocycles. The minimum atomic E-state index is -2.53. The van der Waals surface area contributed by atoms with E-state index < -0.39 is 6.43 Å². The third kappa shape index (κ3) is 2.12. The molecule has 0 saturated carbocycles. The summed E-state index contributed by atoms with van der Waals surface area (Å²) in [5.74, 6) is 0.268. The van der Waals surface area contributed by atoms with Crippen molar-refractivity contribution in [2.45, 2.75) is 19.2 Å². The second-order valence-corrected chi connectivity index (χ2v) is 3.03. The molecule has 0 aromatic carbocycles. The average Bonchev–Trinajstić information content (AvgIpc) is 2.17. The molecular weight excluding hydrogens is 212 g/mol. The number of nitrogens with zero attached hydrogens (tertiary/aromatic N) is 1. The average molecular weight is 222 g/mol. The first-order valence-electron chi connectivity index (χ1n) is 3.98. The Bertz CT molecular complexity index is 331. The fourth-order valence-corrected chi connectivity index (χ4v) is 1.38. The van der Waals surface area contributed by atoms with Gasteiger partial charge in [-0.25, -0.2) is 13.8 Å². The molecule has 1 aromatic rings. The maximum Gasteiger partial charge on any atom is 0.264 e. The van der Waals surface area contributed by atoms with Crippen LogP contribution in [0.1, 0.15) is 23.2 Å². The van der Waals surface area contributed by atoms with Gasteiger partial charge in [0.05, 0.1) is 18.7 Å². The van der Waals surface area contributed by atoms with Crippen molar-refractivity contribution in [3.05, 3.63) is 22.9 Å². The van der Waals surface area contributed by atoms with Crippen LogP contribution in [0.5, 0.6) is 5.88 Å². The molecule has 0 aliphatic heterocycles. The molecule has 0 aliphatic rings.